The topological polar surface area (TPSA) is 14.1 Å². The fraction of sp³-hybridized carbons (Fsp3) is 1.00. The zero-order valence-corrected chi connectivity index (χ0v) is 11.4. The Labute approximate surface area is 113 Å². The molecule has 0 heterocycles. The van der Waals surface area contributed by atoms with Gasteiger partial charge >= 0.3 is 6.18 Å². The van der Waals surface area contributed by atoms with Crippen LogP contribution in [0.5, 0.6) is 0 Å². The molecule has 0 aromatic rings. The molecule has 0 aromatic carbocycles. The first-order valence-electron chi connectivity index (χ1n) is 7.64. The van der Waals surface area contributed by atoms with Crippen LogP contribution in [0.1, 0.15) is 51.4 Å². The predicted octanol–water partition coefficient (Wildman–Crippen LogP) is 4.92. The monoisotopic (exact) mass is 274 g/mol. The lowest BCUT2D eigenvalue weighted by atomic mass is 9.49. The molecule has 0 aliphatic heterocycles. The Balaban J connectivity index is 1.43. The lowest BCUT2D eigenvalue weighted by Gasteiger charge is -2.57. The maximum Gasteiger partial charge on any atom is 0.387 e. The van der Waals surface area contributed by atoms with Crippen molar-refractivity contribution < 1.29 is 13.2 Å². The standard InChI is InChI=1S/C15H23F3N/c16-15(17,18)2-4-19-3-1-14-8-11-5-12(9-14)7-13(6-11)10-14/h11-13H,1-10H2/q-1. The maximum atomic E-state index is 12.0. The van der Waals surface area contributed by atoms with Crippen LogP contribution in [0.3, 0.4) is 0 Å². The second-order valence-corrected chi connectivity index (χ2v) is 7.20. The van der Waals surface area contributed by atoms with Gasteiger partial charge in [0.2, 0.25) is 0 Å². The molecule has 19 heavy (non-hydrogen) atoms. The van der Waals surface area contributed by atoms with E-state index in [9.17, 15) is 13.2 Å². The maximum absolute atomic E-state index is 12.0. The highest BCUT2D eigenvalue weighted by Crippen LogP contribution is 2.61. The van der Waals surface area contributed by atoms with Crippen LogP contribution in [-0.4, -0.2) is 19.3 Å². The molecule has 0 saturated heterocycles. The zero-order valence-electron chi connectivity index (χ0n) is 11.4. The van der Waals surface area contributed by atoms with E-state index in [-0.39, 0.29) is 6.54 Å². The largest absolute Gasteiger partial charge is 0.662 e. The van der Waals surface area contributed by atoms with Gasteiger partial charge in [-0.15, -0.1) is 13.1 Å². The summed E-state index contributed by atoms with van der Waals surface area (Å²) in [5, 5.41) is 4.11. The number of hydrogen-bond acceptors (Lipinski definition) is 0. The molecule has 0 unspecified atom stereocenters. The number of nitrogens with zero attached hydrogens (tertiary/aromatic N) is 1. The molecule has 4 rings (SSSR count). The van der Waals surface area contributed by atoms with Crippen molar-refractivity contribution in [1.29, 1.82) is 0 Å². The van der Waals surface area contributed by atoms with Crippen LogP contribution < -0.4 is 0 Å². The summed E-state index contributed by atoms with van der Waals surface area (Å²) in [6.07, 6.45) is 4.47. The molecule has 4 aliphatic carbocycles. The quantitative estimate of drug-likeness (QED) is 0.632. The van der Waals surface area contributed by atoms with Crippen LogP contribution in [0.2, 0.25) is 0 Å². The molecule has 0 atom stereocenters. The van der Waals surface area contributed by atoms with Crippen molar-refractivity contribution in [1.82, 2.24) is 0 Å². The van der Waals surface area contributed by atoms with Gasteiger partial charge in [-0.1, -0.05) is 6.42 Å². The van der Waals surface area contributed by atoms with Crippen LogP contribution in [0.15, 0.2) is 0 Å². The van der Waals surface area contributed by atoms with E-state index in [2.05, 4.69) is 5.32 Å². The second kappa shape index (κ2) is 4.94. The van der Waals surface area contributed by atoms with E-state index in [1.54, 1.807) is 0 Å². The molecule has 110 valence electrons. The molecular weight excluding hydrogens is 251 g/mol. The second-order valence-electron chi connectivity index (χ2n) is 7.20. The third-order valence-electron chi connectivity index (χ3n) is 5.52. The minimum atomic E-state index is -4.05. The number of alkyl halides is 3. The molecule has 4 heteroatoms. The van der Waals surface area contributed by atoms with E-state index in [1.807, 2.05) is 0 Å². The van der Waals surface area contributed by atoms with Crippen molar-refractivity contribution in [2.24, 2.45) is 23.2 Å². The first kappa shape index (κ1) is 13.7. The van der Waals surface area contributed by atoms with E-state index in [4.69, 9.17) is 0 Å². The zero-order chi connectivity index (χ0) is 13.5. The van der Waals surface area contributed by atoms with Crippen LogP contribution >= 0.6 is 0 Å². The van der Waals surface area contributed by atoms with Gasteiger partial charge in [0.25, 0.3) is 0 Å². The third-order valence-corrected chi connectivity index (χ3v) is 5.52. The third kappa shape index (κ3) is 3.26. The fourth-order valence-electron chi connectivity index (χ4n) is 5.23. The highest BCUT2D eigenvalue weighted by molar-refractivity contribution is 5.02. The predicted molar refractivity (Wildman–Crippen MR) is 69.0 cm³/mol. The molecule has 0 spiro atoms. The summed E-state index contributed by atoms with van der Waals surface area (Å²) in [7, 11) is 0. The van der Waals surface area contributed by atoms with Gasteiger partial charge in [0.15, 0.2) is 0 Å². The van der Waals surface area contributed by atoms with Crippen molar-refractivity contribution >= 4 is 0 Å². The van der Waals surface area contributed by atoms with Crippen LogP contribution in [0, 0.1) is 23.2 Å². The summed E-state index contributed by atoms with van der Waals surface area (Å²) in [4.78, 5) is 0. The minimum Gasteiger partial charge on any atom is -0.662 e. The van der Waals surface area contributed by atoms with E-state index in [0.29, 0.717) is 12.0 Å². The summed E-state index contributed by atoms with van der Waals surface area (Å²) in [6.45, 7) is 0.595. The molecule has 0 amide bonds. The first-order valence-corrected chi connectivity index (χ1v) is 7.64. The molecule has 0 N–H and O–H groups in total. The summed E-state index contributed by atoms with van der Waals surface area (Å²) >= 11 is 0. The molecule has 4 saturated carbocycles. The molecular formula is C15H23F3N-. The van der Waals surface area contributed by atoms with Crippen molar-refractivity contribution in [2.45, 2.75) is 57.5 Å². The van der Waals surface area contributed by atoms with Gasteiger partial charge in [-0.05, 0) is 61.7 Å². The van der Waals surface area contributed by atoms with Gasteiger partial charge in [-0.25, -0.2) is 0 Å². The average Bonchev–Trinajstić information content (AvgIpc) is 2.24. The Morgan fingerprint density at radius 1 is 0.895 bits per heavy atom. The van der Waals surface area contributed by atoms with Gasteiger partial charge < -0.3 is 5.32 Å². The van der Waals surface area contributed by atoms with E-state index in [1.165, 1.54) is 38.5 Å². The Bertz CT molecular complexity index is 289. The number of rotatable bonds is 5. The molecule has 1 nitrogen and oxygen atoms in total. The summed E-state index contributed by atoms with van der Waals surface area (Å²) in [5.74, 6) is 2.75. The van der Waals surface area contributed by atoms with Gasteiger partial charge in [0, 0.05) is 6.42 Å². The lowest BCUT2D eigenvalue weighted by molar-refractivity contribution is -0.131. The Morgan fingerprint density at radius 2 is 1.42 bits per heavy atom. The first-order chi connectivity index (χ1) is 8.94. The molecule has 4 aliphatic rings. The van der Waals surface area contributed by atoms with Gasteiger partial charge in [-0.2, -0.15) is 13.2 Å². The Kier molecular flexibility index (Phi) is 3.57. The minimum absolute atomic E-state index is 0.0458. The van der Waals surface area contributed by atoms with E-state index in [0.717, 1.165) is 24.2 Å². The van der Waals surface area contributed by atoms with Crippen molar-refractivity contribution in [3.63, 3.8) is 0 Å². The van der Waals surface area contributed by atoms with Crippen molar-refractivity contribution in [2.75, 3.05) is 13.1 Å². The Morgan fingerprint density at radius 3 is 1.89 bits per heavy atom. The van der Waals surface area contributed by atoms with E-state index >= 15 is 0 Å². The van der Waals surface area contributed by atoms with Crippen LogP contribution in [0.25, 0.3) is 5.32 Å². The molecule has 4 fully saturated rings. The van der Waals surface area contributed by atoms with Gasteiger partial charge in [-0.3, -0.25) is 0 Å². The number of hydrogen-bond donors (Lipinski definition) is 0. The average molecular weight is 274 g/mol. The summed E-state index contributed by atoms with van der Waals surface area (Å²) < 4.78 is 36.1. The van der Waals surface area contributed by atoms with Gasteiger partial charge in [0.1, 0.15) is 0 Å². The number of halogens is 3. The molecule has 0 aromatic heterocycles. The smallest absolute Gasteiger partial charge is 0.387 e. The summed E-state index contributed by atoms with van der Waals surface area (Å²) in [6, 6.07) is 0. The SMILES string of the molecule is FC(F)(F)CC[N-]CCC12CC3CC(CC(C3)C1)C2. The highest BCUT2D eigenvalue weighted by atomic mass is 19.4. The molecule has 4 bridgehead atoms. The van der Waals surface area contributed by atoms with Crippen LogP contribution in [0.4, 0.5) is 13.2 Å². The Hall–Kier alpha value is -0.250. The van der Waals surface area contributed by atoms with Crippen molar-refractivity contribution in [3.8, 4) is 0 Å². The van der Waals surface area contributed by atoms with Gasteiger partial charge in [0.05, 0.1) is 0 Å². The molecule has 0 radical (unpaired) electrons. The fourth-order valence-corrected chi connectivity index (χ4v) is 5.23. The normalized spacial score (nSPS) is 40.9. The van der Waals surface area contributed by atoms with Crippen LogP contribution in [-0.2, 0) is 0 Å². The highest BCUT2D eigenvalue weighted by Gasteiger charge is 2.49. The van der Waals surface area contributed by atoms with E-state index < -0.39 is 12.6 Å². The summed E-state index contributed by atoms with van der Waals surface area (Å²) in [5.41, 5.74) is 0.455. The van der Waals surface area contributed by atoms with Crippen molar-refractivity contribution in [3.05, 3.63) is 5.32 Å². The lowest BCUT2D eigenvalue weighted by Crippen LogP contribution is -2.46.